The van der Waals surface area contributed by atoms with Gasteiger partial charge in [0, 0.05) is 11.1 Å². The molecule has 2 N–H and O–H groups in total. The maximum Gasteiger partial charge on any atom is 0.216 e. The van der Waals surface area contributed by atoms with Gasteiger partial charge in [-0.25, -0.2) is 0 Å². The highest BCUT2D eigenvalue weighted by atomic mass is 16.6. The number of phenolic OH excluding ortho intramolecular Hbond substituents is 2. The van der Waals surface area contributed by atoms with Crippen molar-refractivity contribution < 1.29 is 14.9 Å². The van der Waals surface area contributed by atoms with Crippen molar-refractivity contribution >= 4 is 0 Å². The fourth-order valence-electron chi connectivity index (χ4n) is 2.85. The molecule has 0 aliphatic carbocycles. The topological polar surface area (TPSA) is 53.0 Å². The van der Waals surface area contributed by atoms with E-state index in [4.69, 9.17) is 4.74 Å². The number of fused-ring (bicyclic) bond motifs is 1. The molecule has 1 heterocycles. The van der Waals surface area contributed by atoms with Crippen LogP contribution in [0.25, 0.3) is 22.3 Å². The van der Waals surface area contributed by atoms with E-state index in [1.54, 1.807) is 0 Å². The summed E-state index contributed by atoms with van der Waals surface area (Å²) in [6.45, 7) is 4.02. The van der Waals surface area contributed by atoms with Crippen LogP contribution < -0.4 is 4.74 Å². The molecule has 0 amide bonds. The lowest BCUT2D eigenvalue weighted by Crippen LogP contribution is -1.86. The van der Waals surface area contributed by atoms with Crippen LogP contribution in [-0.2, 0) is 0 Å². The van der Waals surface area contributed by atoms with Crippen LogP contribution in [0, 0.1) is 13.8 Å². The molecule has 0 fully saturated rings. The van der Waals surface area contributed by atoms with Crippen LogP contribution >= 0.6 is 0 Å². The number of aryl methyl sites for hydroxylation is 2. The number of aromatic hydroxyl groups is 2. The second-order valence-electron chi connectivity index (χ2n) is 5.94. The first-order valence-electron chi connectivity index (χ1n) is 7.50. The summed E-state index contributed by atoms with van der Waals surface area (Å²) in [4.78, 5) is 0. The number of ether oxygens (including phenoxy) is 1. The Balaban J connectivity index is 2.01. The zero-order valence-electron chi connectivity index (χ0n) is 12.9. The van der Waals surface area contributed by atoms with E-state index >= 15 is 0 Å². The van der Waals surface area contributed by atoms with Gasteiger partial charge < -0.3 is 14.9 Å². The van der Waals surface area contributed by atoms with Gasteiger partial charge in [0.15, 0.2) is 11.5 Å². The Bertz CT molecular complexity index is 831. The molecule has 3 nitrogen and oxygen atoms in total. The largest absolute Gasteiger partial charge is 0.504 e. The van der Waals surface area contributed by atoms with Gasteiger partial charge in [-0.05, 0) is 25.0 Å². The number of hydrogen-bond donors (Lipinski definition) is 2. The first-order valence-corrected chi connectivity index (χ1v) is 7.50. The molecule has 0 radical (unpaired) electrons. The van der Waals surface area contributed by atoms with Crippen LogP contribution in [0.5, 0.6) is 23.0 Å². The van der Waals surface area contributed by atoms with Crippen molar-refractivity contribution in [3.8, 4) is 45.3 Å². The third kappa shape index (κ3) is 2.13. The van der Waals surface area contributed by atoms with Crippen molar-refractivity contribution in [1.82, 2.24) is 0 Å². The normalized spacial score (nSPS) is 11.7. The fourth-order valence-corrected chi connectivity index (χ4v) is 2.85. The van der Waals surface area contributed by atoms with Gasteiger partial charge in [-0.3, -0.25) is 0 Å². The quantitative estimate of drug-likeness (QED) is 0.397. The maximum absolute atomic E-state index is 10.6. The van der Waals surface area contributed by atoms with Crippen molar-refractivity contribution in [3.63, 3.8) is 0 Å². The molecular formula is C20H16O3. The SMILES string of the molecule is Cc1ccc(-c2c(O)c3c(c(O)c2-c2ccc(C)cc2)O3)cc1. The van der Waals surface area contributed by atoms with E-state index < -0.39 is 0 Å². The summed E-state index contributed by atoms with van der Waals surface area (Å²) in [5.41, 5.74) is 5.16. The molecule has 4 rings (SSSR count). The zero-order valence-corrected chi connectivity index (χ0v) is 12.9. The Morgan fingerprint density at radius 1 is 0.609 bits per heavy atom. The minimum absolute atomic E-state index is 0.0808. The van der Waals surface area contributed by atoms with Gasteiger partial charge in [0.25, 0.3) is 0 Å². The molecular weight excluding hydrogens is 288 g/mol. The van der Waals surface area contributed by atoms with E-state index in [-0.39, 0.29) is 11.5 Å². The van der Waals surface area contributed by atoms with Crippen LogP contribution in [0.4, 0.5) is 0 Å². The van der Waals surface area contributed by atoms with Gasteiger partial charge in [-0.2, -0.15) is 0 Å². The lowest BCUT2D eigenvalue weighted by atomic mass is 9.92. The molecule has 0 unspecified atom stereocenters. The van der Waals surface area contributed by atoms with Crippen molar-refractivity contribution in [2.45, 2.75) is 13.8 Å². The first-order chi connectivity index (χ1) is 11.1. The van der Waals surface area contributed by atoms with Crippen LogP contribution in [-0.4, -0.2) is 10.2 Å². The Morgan fingerprint density at radius 3 is 1.30 bits per heavy atom. The number of benzene rings is 3. The summed E-state index contributed by atoms with van der Waals surface area (Å²) in [6, 6.07) is 15.7. The van der Waals surface area contributed by atoms with Crippen molar-refractivity contribution in [1.29, 1.82) is 0 Å². The molecule has 0 bridgehead atoms. The Hall–Kier alpha value is -2.94. The summed E-state index contributed by atoms with van der Waals surface area (Å²) >= 11 is 0. The highest BCUT2D eigenvalue weighted by Gasteiger charge is 2.36. The average Bonchev–Trinajstić information content (AvgIpc) is 3.34. The Labute approximate surface area is 134 Å². The van der Waals surface area contributed by atoms with E-state index in [0.717, 1.165) is 22.3 Å². The molecule has 0 atom stereocenters. The van der Waals surface area contributed by atoms with Crippen LogP contribution in [0.2, 0.25) is 0 Å². The fraction of sp³-hybridized carbons (Fsp3) is 0.100. The predicted molar refractivity (Wildman–Crippen MR) is 90.2 cm³/mol. The molecule has 0 spiro atoms. The van der Waals surface area contributed by atoms with Crippen molar-refractivity contribution in [2.75, 3.05) is 0 Å². The molecule has 1 aliphatic rings. The number of hydrogen-bond acceptors (Lipinski definition) is 3. The van der Waals surface area contributed by atoms with E-state index in [2.05, 4.69) is 0 Å². The molecule has 3 aromatic carbocycles. The van der Waals surface area contributed by atoms with Crippen LogP contribution in [0.1, 0.15) is 11.1 Å². The monoisotopic (exact) mass is 304 g/mol. The lowest BCUT2D eigenvalue weighted by Gasteiger charge is -2.12. The molecule has 114 valence electrons. The van der Waals surface area contributed by atoms with Crippen molar-refractivity contribution in [2.24, 2.45) is 0 Å². The van der Waals surface area contributed by atoms with Gasteiger partial charge in [0.05, 0.1) is 0 Å². The summed E-state index contributed by atoms with van der Waals surface area (Å²) in [6.07, 6.45) is 0. The minimum Gasteiger partial charge on any atom is -0.504 e. The Kier molecular flexibility index (Phi) is 2.85. The van der Waals surface area contributed by atoms with Crippen molar-refractivity contribution in [3.05, 3.63) is 59.7 Å². The second kappa shape index (κ2) is 4.78. The molecule has 3 aromatic rings. The van der Waals surface area contributed by atoms with Gasteiger partial charge in [-0.15, -0.1) is 0 Å². The molecule has 0 saturated heterocycles. The third-order valence-corrected chi connectivity index (χ3v) is 4.20. The standard InChI is InChI=1S/C20H16O3/c1-11-3-7-13(8-4-11)15-16(14-9-5-12(2)6-10-14)18(22)20-19(23-20)17(15)21/h3-10,21-22H,1-2H3. The predicted octanol–water partition coefficient (Wildman–Crippen LogP) is 5.15. The van der Waals surface area contributed by atoms with Gasteiger partial charge in [-0.1, -0.05) is 59.7 Å². The summed E-state index contributed by atoms with van der Waals surface area (Å²) in [5, 5.41) is 21.1. The Morgan fingerprint density at radius 2 is 0.957 bits per heavy atom. The van der Waals surface area contributed by atoms with E-state index in [9.17, 15) is 10.2 Å². The highest BCUT2D eigenvalue weighted by Crippen LogP contribution is 2.65. The number of rotatable bonds is 2. The van der Waals surface area contributed by atoms with Crippen LogP contribution in [0.3, 0.4) is 0 Å². The summed E-state index contributed by atoms with van der Waals surface area (Å²) < 4.78 is 5.27. The first kappa shape index (κ1) is 13.7. The number of phenols is 2. The second-order valence-corrected chi connectivity index (χ2v) is 5.94. The smallest absolute Gasteiger partial charge is 0.216 e. The highest BCUT2D eigenvalue weighted by molar-refractivity contribution is 5.98. The van der Waals surface area contributed by atoms with E-state index in [1.807, 2.05) is 62.4 Å². The molecule has 23 heavy (non-hydrogen) atoms. The third-order valence-electron chi connectivity index (χ3n) is 4.20. The minimum atomic E-state index is 0.0808. The van der Waals surface area contributed by atoms with Crippen LogP contribution in [0.15, 0.2) is 48.5 Å². The summed E-state index contributed by atoms with van der Waals surface area (Å²) in [7, 11) is 0. The van der Waals surface area contributed by atoms with E-state index in [0.29, 0.717) is 22.6 Å². The molecule has 0 saturated carbocycles. The zero-order chi connectivity index (χ0) is 16.1. The molecule has 0 aromatic heterocycles. The summed E-state index contributed by atoms with van der Waals surface area (Å²) in [5.74, 6) is 0.900. The van der Waals surface area contributed by atoms with Gasteiger partial charge >= 0.3 is 0 Å². The van der Waals surface area contributed by atoms with Gasteiger partial charge in [0.1, 0.15) is 0 Å². The average molecular weight is 304 g/mol. The molecule has 3 heteroatoms. The van der Waals surface area contributed by atoms with E-state index in [1.165, 1.54) is 0 Å². The molecule has 1 aliphatic heterocycles. The van der Waals surface area contributed by atoms with Gasteiger partial charge in [0.2, 0.25) is 11.5 Å². The maximum atomic E-state index is 10.6. The lowest BCUT2D eigenvalue weighted by molar-refractivity contribution is 0.461.